The van der Waals surface area contributed by atoms with Crippen LogP contribution in [0.15, 0.2) is 42.5 Å². The number of carboxylic acid groups (broad SMARTS) is 1. The number of benzene rings is 2. The van der Waals surface area contributed by atoms with Gasteiger partial charge in [-0.25, -0.2) is 0 Å². The third-order valence-electron chi connectivity index (χ3n) is 3.82. The average Bonchev–Trinajstić information content (AvgIpc) is 2.64. The molecule has 0 fully saturated rings. The first kappa shape index (κ1) is 18.3. The zero-order valence-electron chi connectivity index (χ0n) is 14.4. The van der Waals surface area contributed by atoms with Crippen molar-refractivity contribution >= 4 is 11.7 Å². The number of anilines is 1. The van der Waals surface area contributed by atoms with Crippen molar-refractivity contribution in [2.75, 3.05) is 11.9 Å². The fraction of sp³-hybridized carbons (Fsp3) is 0.300. The predicted molar refractivity (Wildman–Crippen MR) is 94.1 cm³/mol. The second-order valence-corrected chi connectivity index (χ2v) is 5.65. The minimum atomic E-state index is -1.21. The molecule has 1 N–H and O–H groups in total. The van der Waals surface area contributed by atoms with Crippen LogP contribution >= 0.6 is 0 Å². The van der Waals surface area contributed by atoms with Gasteiger partial charge >= 0.3 is 0 Å². The molecule has 0 spiro atoms. The van der Waals surface area contributed by atoms with Gasteiger partial charge in [0.05, 0.1) is 30.3 Å². The molecule has 0 saturated heterocycles. The van der Waals surface area contributed by atoms with E-state index >= 15 is 0 Å². The Kier molecular flexibility index (Phi) is 6.41. The fourth-order valence-corrected chi connectivity index (χ4v) is 2.49. The van der Waals surface area contributed by atoms with Crippen molar-refractivity contribution < 1.29 is 14.6 Å². The van der Waals surface area contributed by atoms with Crippen LogP contribution in [-0.2, 0) is 11.2 Å². The number of carboxylic acids is 1. The maximum Gasteiger partial charge on any atom is 0.122 e. The summed E-state index contributed by atoms with van der Waals surface area (Å²) in [6.45, 7) is 4.66. The van der Waals surface area contributed by atoms with E-state index in [4.69, 9.17) is 10.00 Å². The van der Waals surface area contributed by atoms with E-state index in [1.165, 1.54) is 0 Å². The molecular weight excluding hydrogens is 316 g/mol. The van der Waals surface area contributed by atoms with Gasteiger partial charge in [-0.05, 0) is 60.4 Å². The van der Waals surface area contributed by atoms with Crippen LogP contribution in [0.5, 0.6) is 5.75 Å². The first-order valence-electron chi connectivity index (χ1n) is 8.32. The van der Waals surface area contributed by atoms with Crippen molar-refractivity contribution in [2.45, 2.75) is 32.7 Å². The zero-order valence-corrected chi connectivity index (χ0v) is 14.4. The van der Waals surface area contributed by atoms with Crippen molar-refractivity contribution in [2.24, 2.45) is 0 Å². The van der Waals surface area contributed by atoms with Crippen molar-refractivity contribution in [3.8, 4) is 11.8 Å². The van der Waals surface area contributed by atoms with Crippen molar-refractivity contribution in [3.05, 3.63) is 59.2 Å². The molecule has 2 rings (SSSR count). The molecule has 5 heteroatoms. The van der Waals surface area contributed by atoms with Crippen LogP contribution in [0.1, 0.15) is 43.0 Å². The normalized spacial score (nSPS) is 11.4. The highest BCUT2D eigenvalue weighted by molar-refractivity contribution is 5.77. The fourth-order valence-electron chi connectivity index (χ4n) is 2.49. The smallest absolute Gasteiger partial charge is 0.122 e. The zero-order chi connectivity index (χ0) is 18.2. The van der Waals surface area contributed by atoms with Gasteiger partial charge in [-0.1, -0.05) is 19.9 Å². The standard InChI is InChI=1S/C20H22N2O3/c1-3-11-25-18-10-7-16(12-15(18)4-2)19(20(23)24)22-17-8-5-14(13-21)6-9-17/h5-10,12,19,22H,3-4,11H2,1-2H3,(H,23,24)/p-1. The summed E-state index contributed by atoms with van der Waals surface area (Å²) in [5.41, 5.74) is 2.68. The number of hydrogen-bond acceptors (Lipinski definition) is 5. The number of hydrogen-bond donors (Lipinski definition) is 1. The number of ether oxygens (including phenoxy) is 1. The number of rotatable bonds is 8. The Morgan fingerprint density at radius 3 is 2.52 bits per heavy atom. The summed E-state index contributed by atoms with van der Waals surface area (Å²) >= 11 is 0. The second-order valence-electron chi connectivity index (χ2n) is 5.65. The largest absolute Gasteiger partial charge is 0.548 e. The van der Waals surface area contributed by atoms with Crippen LogP contribution in [-0.4, -0.2) is 12.6 Å². The predicted octanol–water partition coefficient (Wildman–Crippen LogP) is 2.81. The van der Waals surface area contributed by atoms with Crippen LogP contribution in [0.3, 0.4) is 0 Å². The van der Waals surface area contributed by atoms with Crippen LogP contribution in [0.25, 0.3) is 0 Å². The highest BCUT2D eigenvalue weighted by Gasteiger charge is 2.15. The van der Waals surface area contributed by atoms with Gasteiger partial charge in [0.1, 0.15) is 5.75 Å². The Hall–Kier alpha value is -3.00. The molecule has 25 heavy (non-hydrogen) atoms. The molecule has 5 nitrogen and oxygen atoms in total. The minimum absolute atomic E-state index is 0.515. The van der Waals surface area contributed by atoms with Crippen molar-refractivity contribution in [1.82, 2.24) is 0 Å². The highest BCUT2D eigenvalue weighted by atomic mass is 16.5. The Morgan fingerprint density at radius 2 is 1.96 bits per heavy atom. The van der Waals surface area contributed by atoms with Gasteiger partial charge in [0, 0.05) is 5.69 Å². The molecule has 0 aliphatic carbocycles. The first-order valence-corrected chi connectivity index (χ1v) is 8.32. The Morgan fingerprint density at radius 1 is 1.24 bits per heavy atom. The molecule has 1 atom stereocenters. The van der Waals surface area contributed by atoms with Crippen molar-refractivity contribution in [3.63, 3.8) is 0 Å². The van der Waals surface area contributed by atoms with Gasteiger partial charge in [0.2, 0.25) is 0 Å². The summed E-state index contributed by atoms with van der Waals surface area (Å²) in [5, 5.41) is 23.4. The van der Waals surface area contributed by atoms with E-state index in [0.717, 1.165) is 24.2 Å². The van der Waals surface area contributed by atoms with Crippen LogP contribution in [0.2, 0.25) is 0 Å². The molecule has 0 radical (unpaired) electrons. The molecule has 2 aromatic rings. The number of nitriles is 1. The van der Waals surface area contributed by atoms with E-state index in [9.17, 15) is 9.90 Å². The Balaban J connectivity index is 2.27. The van der Waals surface area contributed by atoms with Gasteiger partial charge < -0.3 is 20.0 Å². The first-order chi connectivity index (χ1) is 12.1. The summed E-state index contributed by atoms with van der Waals surface area (Å²) in [6.07, 6.45) is 1.65. The van der Waals surface area contributed by atoms with Crippen LogP contribution in [0.4, 0.5) is 5.69 Å². The number of aliphatic carboxylic acids is 1. The average molecular weight is 337 g/mol. The lowest BCUT2D eigenvalue weighted by Crippen LogP contribution is -2.34. The monoisotopic (exact) mass is 337 g/mol. The quantitative estimate of drug-likeness (QED) is 0.800. The molecule has 0 aliphatic rings. The molecule has 0 saturated carbocycles. The number of carbonyl (C=O) groups excluding carboxylic acids is 1. The molecule has 2 aromatic carbocycles. The number of nitrogens with zero attached hydrogens (tertiary/aromatic N) is 1. The lowest BCUT2D eigenvalue weighted by atomic mass is 10.0. The van der Waals surface area contributed by atoms with E-state index < -0.39 is 12.0 Å². The maximum absolute atomic E-state index is 11.6. The van der Waals surface area contributed by atoms with Crippen molar-refractivity contribution in [1.29, 1.82) is 5.26 Å². The molecule has 0 aromatic heterocycles. The van der Waals surface area contributed by atoms with E-state index in [0.29, 0.717) is 23.4 Å². The molecule has 1 unspecified atom stereocenters. The number of nitrogens with one attached hydrogen (secondary N) is 1. The number of carbonyl (C=O) groups is 1. The SMILES string of the molecule is CCCOc1ccc(C(Nc2ccc(C#N)cc2)C(=O)[O-])cc1CC. The summed E-state index contributed by atoms with van der Waals surface area (Å²) in [4.78, 5) is 11.6. The highest BCUT2D eigenvalue weighted by Crippen LogP contribution is 2.26. The maximum atomic E-state index is 11.6. The van der Waals surface area contributed by atoms with E-state index in [-0.39, 0.29) is 0 Å². The topological polar surface area (TPSA) is 85.2 Å². The van der Waals surface area contributed by atoms with Gasteiger partial charge in [-0.3, -0.25) is 0 Å². The summed E-state index contributed by atoms with van der Waals surface area (Å²) in [7, 11) is 0. The molecule has 0 bridgehead atoms. The van der Waals surface area contributed by atoms with Crippen LogP contribution < -0.4 is 15.2 Å². The van der Waals surface area contributed by atoms with Gasteiger partial charge in [-0.2, -0.15) is 5.26 Å². The molecule has 130 valence electrons. The van der Waals surface area contributed by atoms with E-state index in [2.05, 4.69) is 5.32 Å². The van der Waals surface area contributed by atoms with Gasteiger partial charge in [-0.15, -0.1) is 0 Å². The van der Waals surface area contributed by atoms with Gasteiger partial charge in [0.25, 0.3) is 0 Å². The third kappa shape index (κ3) is 4.74. The molecule has 0 heterocycles. The number of aryl methyl sites for hydroxylation is 1. The molecule has 0 amide bonds. The second kappa shape index (κ2) is 8.74. The third-order valence-corrected chi connectivity index (χ3v) is 3.82. The Labute approximate surface area is 147 Å². The summed E-state index contributed by atoms with van der Waals surface area (Å²) in [5.74, 6) is -0.433. The lowest BCUT2D eigenvalue weighted by molar-refractivity contribution is -0.307. The molecular formula is C20H21N2O3-. The summed E-state index contributed by atoms with van der Waals surface area (Å²) in [6, 6.07) is 13.0. The Bertz CT molecular complexity index is 764. The minimum Gasteiger partial charge on any atom is -0.548 e. The molecule has 0 aliphatic heterocycles. The van der Waals surface area contributed by atoms with Crippen LogP contribution in [0, 0.1) is 11.3 Å². The van der Waals surface area contributed by atoms with Gasteiger partial charge in [0.15, 0.2) is 0 Å². The summed E-state index contributed by atoms with van der Waals surface area (Å²) < 4.78 is 5.70. The van der Waals surface area contributed by atoms with E-state index in [1.807, 2.05) is 26.0 Å². The lowest BCUT2D eigenvalue weighted by Gasteiger charge is -2.23. The van der Waals surface area contributed by atoms with E-state index in [1.54, 1.807) is 36.4 Å².